The topological polar surface area (TPSA) is 58.1 Å². The van der Waals surface area contributed by atoms with E-state index in [2.05, 4.69) is 14.7 Å². The van der Waals surface area contributed by atoms with Gasteiger partial charge in [-0.3, -0.25) is 5.32 Å². The van der Waals surface area contributed by atoms with Crippen LogP contribution >= 0.6 is 11.5 Å². The Morgan fingerprint density at radius 1 is 1.32 bits per heavy atom. The number of aryl methyl sites for hydroxylation is 1. The number of piperidine rings is 1. The number of carbonyl (C=O) groups is 1. The SMILES string of the molecule is Cc1nsc(NC(=O)N2CC[C@@H]3CCCC[C@H]3C2)n1. The fraction of sp³-hybridized carbons (Fsp3) is 0.769. The van der Waals surface area contributed by atoms with E-state index >= 15 is 0 Å². The number of amides is 2. The molecule has 2 amide bonds. The molecule has 1 aliphatic carbocycles. The van der Waals surface area contributed by atoms with Crippen LogP contribution in [-0.2, 0) is 0 Å². The van der Waals surface area contributed by atoms with Gasteiger partial charge < -0.3 is 4.90 Å². The quantitative estimate of drug-likeness (QED) is 0.860. The number of urea groups is 1. The monoisotopic (exact) mass is 280 g/mol. The highest BCUT2D eigenvalue weighted by Crippen LogP contribution is 2.36. The standard InChI is InChI=1S/C13H20N4OS/c1-9-14-12(19-16-9)15-13(18)17-7-6-10-4-2-3-5-11(10)8-17/h10-11H,2-8H2,1H3,(H,14,15,16,18)/t10-,11-/m0/s1. The molecule has 0 spiro atoms. The fourth-order valence-corrected chi connectivity index (χ4v) is 3.87. The number of hydrogen-bond acceptors (Lipinski definition) is 4. The molecule has 1 saturated carbocycles. The zero-order valence-electron chi connectivity index (χ0n) is 11.3. The Kier molecular flexibility index (Phi) is 3.68. The van der Waals surface area contributed by atoms with Gasteiger partial charge in [-0.2, -0.15) is 4.37 Å². The number of fused-ring (bicyclic) bond motifs is 1. The second-order valence-electron chi connectivity index (χ2n) is 5.62. The lowest BCUT2D eigenvalue weighted by atomic mass is 9.75. The summed E-state index contributed by atoms with van der Waals surface area (Å²) in [4.78, 5) is 18.3. The highest BCUT2D eigenvalue weighted by Gasteiger charge is 2.33. The molecular formula is C13H20N4OS. The van der Waals surface area contributed by atoms with Gasteiger partial charge in [-0.25, -0.2) is 9.78 Å². The summed E-state index contributed by atoms with van der Waals surface area (Å²) in [7, 11) is 0. The minimum absolute atomic E-state index is 0.0137. The van der Waals surface area contributed by atoms with Crippen molar-refractivity contribution in [2.45, 2.75) is 39.0 Å². The van der Waals surface area contributed by atoms with E-state index in [1.165, 1.54) is 37.2 Å². The molecule has 2 aliphatic rings. The molecule has 2 heterocycles. The molecule has 1 aromatic rings. The van der Waals surface area contributed by atoms with Crippen LogP contribution in [-0.4, -0.2) is 33.4 Å². The molecule has 0 aromatic carbocycles. The third kappa shape index (κ3) is 2.88. The van der Waals surface area contributed by atoms with Crippen molar-refractivity contribution in [3.8, 4) is 0 Å². The molecule has 3 rings (SSSR count). The van der Waals surface area contributed by atoms with Crippen LogP contribution in [0, 0.1) is 18.8 Å². The van der Waals surface area contributed by atoms with E-state index in [9.17, 15) is 4.79 Å². The number of likely N-dealkylation sites (tertiary alicyclic amines) is 1. The van der Waals surface area contributed by atoms with Crippen molar-refractivity contribution in [3.63, 3.8) is 0 Å². The van der Waals surface area contributed by atoms with E-state index in [1.807, 2.05) is 11.8 Å². The smallest absolute Gasteiger partial charge is 0.323 e. The van der Waals surface area contributed by atoms with E-state index in [1.54, 1.807) is 0 Å². The summed E-state index contributed by atoms with van der Waals surface area (Å²) >= 11 is 1.24. The highest BCUT2D eigenvalue weighted by atomic mass is 32.1. The number of hydrogen-bond donors (Lipinski definition) is 1. The summed E-state index contributed by atoms with van der Waals surface area (Å²) in [5.74, 6) is 2.28. The summed E-state index contributed by atoms with van der Waals surface area (Å²) in [5.41, 5.74) is 0. The Morgan fingerprint density at radius 2 is 2.11 bits per heavy atom. The summed E-state index contributed by atoms with van der Waals surface area (Å²) in [5, 5.41) is 3.46. The number of nitrogens with one attached hydrogen (secondary N) is 1. The number of nitrogens with zero attached hydrogens (tertiary/aromatic N) is 3. The Balaban J connectivity index is 1.58. The number of carbonyl (C=O) groups excluding carboxylic acids is 1. The second-order valence-corrected chi connectivity index (χ2v) is 6.37. The molecule has 1 aliphatic heterocycles. The highest BCUT2D eigenvalue weighted by molar-refractivity contribution is 7.09. The van der Waals surface area contributed by atoms with Gasteiger partial charge in [0.15, 0.2) is 0 Å². The molecule has 1 N–H and O–H groups in total. The lowest BCUT2D eigenvalue weighted by Crippen LogP contribution is -2.46. The van der Waals surface area contributed by atoms with Gasteiger partial charge in [-0.15, -0.1) is 0 Å². The van der Waals surface area contributed by atoms with Crippen LogP contribution in [0.25, 0.3) is 0 Å². The van der Waals surface area contributed by atoms with E-state index in [0.717, 1.165) is 25.4 Å². The first kappa shape index (κ1) is 12.8. The maximum atomic E-state index is 12.2. The van der Waals surface area contributed by atoms with Gasteiger partial charge in [0.25, 0.3) is 0 Å². The van der Waals surface area contributed by atoms with Crippen molar-refractivity contribution in [2.24, 2.45) is 11.8 Å². The lowest BCUT2D eigenvalue weighted by Gasteiger charge is -2.41. The van der Waals surface area contributed by atoms with Gasteiger partial charge in [0, 0.05) is 24.6 Å². The molecule has 0 bridgehead atoms. The van der Waals surface area contributed by atoms with E-state index < -0.39 is 0 Å². The molecule has 1 aromatic heterocycles. The van der Waals surface area contributed by atoms with Crippen LogP contribution in [0.1, 0.15) is 37.9 Å². The molecule has 104 valence electrons. The Hall–Kier alpha value is -1.17. The lowest BCUT2D eigenvalue weighted by molar-refractivity contribution is 0.108. The van der Waals surface area contributed by atoms with Gasteiger partial charge in [-0.1, -0.05) is 19.3 Å². The molecule has 19 heavy (non-hydrogen) atoms. The molecule has 2 fully saturated rings. The predicted octanol–water partition coefficient (Wildman–Crippen LogP) is 2.89. The molecule has 0 unspecified atom stereocenters. The number of anilines is 1. The molecule has 2 atom stereocenters. The largest absolute Gasteiger partial charge is 0.324 e. The Labute approximate surface area is 117 Å². The van der Waals surface area contributed by atoms with Crippen molar-refractivity contribution in [1.82, 2.24) is 14.3 Å². The van der Waals surface area contributed by atoms with Gasteiger partial charge in [0.1, 0.15) is 5.82 Å². The summed E-state index contributed by atoms with van der Waals surface area (Å²) in [6.45, 7) is 3.62. The van der Waals surface area contributed by atoms with Crippen molar-refractivity contribution < 1.29 is 4.79 Å². The van der Waals surface area contributed by atoms with Crippen LogP contribution < -0.4 is 5.32 Å². The minimum Gasteiger partial charge on any atom is -0.324 e. The van der Waals surface area contributed by atoms with Gasteiger partial charge in [0.05, 0.1) is 0 Å². The third-order valence-corrected chi connectivity index (χ3v) is 5.04. The summed E-state index contributed by atoms with van der Waals surface area (Å²) in [6, 6.07) is -0.0137. The average Bonchev–Trinajstić information content (AvgIpc) is 2.83. The van der Waals surface area contributed by atoms with Crippen LogP contribution in [0.4, 0.5) is 9.93 Å². The molecule has 6 heteroatoms. The van der Waals surface area contributed by atoms with Crippen LogP contribution in [0.5, 0.6) is 0 Å². The predicted molar refractivity (Wildman–Crippen MR) is 75.3 cm³/mol. The second kappa shape index (κ2) is 5.45. The van der Waals surface area contributed by atoms with Crippen LogP contribution in [0.15, 0.2) is 0 Å². The molecule has 5 nitrogen and oxygen atoms in total. The zero-order chi connectivity index (χ0) is 13.2. The number of rotatable bonds is 1. The third-order valence-electron chi connectivity index (χ3n) is 4.32. The average molecular weight is 280 g/mol. The molecule has 1 saturated heterocycles. The van der Waals surface area contributed by atoms with Crippen LogP contribution in [0.2, 0.25) is 0 Å². The van der Waals surface area contributed by atoms with E-state index in [0.29, 0.717) is 16.9 Å². The van der Waals surface area contributed by atoms with Gasteiger partial charge >= 0.3 is 6.03 Å². The molecule has 0 radical (unpaired) electrons. The van der Waals surface area contributed by atoms with Crippen LogP contribution in [0.3, 0.4) is 0 Å². The first-order valence-electron chi connectivity index (χ1n) is 7.08. The molecular weight excluding hydrogens is 260 g/mol. The summed E-state index contributed by atoms with van der Waals surface area (Å²) < 4.78 is 4.08. The first-order valence-corrected chi connectivity index (χ1v) is 7.86. The zero-order valence-corrected chi connectivity index (χ0v) is 12.1. The van der Waals surface area contributed by atoms with Crippen molar-refractivity contribution in [2.75, 3.05) is 18.4 Å². The fourth-order valence-electron chi connectivity index (χ4n) is 3.30. The number of aromatic nitrogens is 2. The van der Waals surface area contributed by atoms with Gasteiger partial charge in [-0.05, 0) is 31.6 Å². The van der Waals surface area contributed by atoms with Crippen molar-refractivity contribution in [1.29, 1.82) is 0 Å². The Morgan fingerprint density at radius 3 is 2.84 bits per heavy atom. The first-order chi connectivity index (χ1) is 9.22. The van der Waals surface area contributed by atoms with Crippen molar-refractivity contribution in [3.05, 3.63) is 5.82 Å². The normalized spacial score (nSPS) is 26.9. The van der Waals surface area contributed by atoms with E-state index in [4.69, 9.17) is 0 Å². The minimum atomic E-state index is -0.0137. The maximum Gasteiger partial charge on any atom is 0.323 e. The summed E-state index contributed by atoms with van der Waals surface area (Å²) in [6.07, 6.45) is 6.50. The van der Waals surface area contributed by atoms with Crippen molar-refractivity contribution >= 4 is 22.7 Å². The maximum absolute atomic E-state index is 12.2. The van der Waals surface area contributed by atoms with E-state index in [-0.39, 0.29) is 6.03 Å². The Bertz CT molecular complexity index is 461. The van der Waals surface area contributed by atoms with Gasteiger partial charge in [0.2, 0.25) is 5.13 Å².